The summed E-state index contributed by atoms with van der Waals surface area (Å²) in [6.45, 7) is 8.77. The lowest BCUT2D eigenvalue weighted by Gasteiger charge is -2.26. The van der Waals surface area contributed by atoms with E-state index in [4.69, 9.17) is 4.74 Å². The lowest BCUT2D eigenvalue weighted by molar-refractivity contribution is -0.132. The average molecular weight is 295 g/mol. The Labute approximate surface area is 124 Å². The third-order valence-corrected chi connectivity index (χ3v) is 3.97. The smallest absolute Gasteiger partial charge is 0.233 e. The van der Waals surface area contributed by atoms with Crippen LogP contribution < -0.4 is 0 Å². The Morgan fingerprint density at radius 1 is 1.40 bits per heavy atom. The minimum absolute atomic E-state index is 0.153. The fourth-order valence-electron chi connectivity index (χ4n) is 1.93. The predicted molar refractivity (Wildman–Crippen MR) is 79.0 cm³/mol. The predicted octanol–water partition coefficient (Wildman–Crippen LogP) is 1.86. The van der Waals surface area contributed by atoms with Crippen molar-refractivity contribution in [2.24, 2.45) is 0 Å². The minimum atomic E-state index is 0.153. The fourth-order valence-corrected chi connectivity index (χ4v) is 2.80. The minimum Gasteiger partial charge on any atom is -0.378 e. The van der Waals surface area contributed by atoms with Gasteiger partial charge in [0, 0.05) is 24.7 Å². The number of amides is 1. The zero-order chi connectivity index (χ0) is 14.5. The van der Waals surface area contributed by atoms with Gasteiger partial charge in [-0.15, -0.1) is 0 Å². The zero-order valence-electron chi connectivity index (χ0n) is 12.3. The highest BCUT2D eigenvalue weighted by molar-refractivity contribution is 7.99. The first kappa shape index (κ1) is 15.3. The molecule has 1 aliphatic rings. The molecule has 0 aliphatic carbocycles. The van der Waals surface area contributed by atoms with E-state index in [1.165, 1.54) is 11.8 Å². The molecule has 5 nitrogen and oxygen atoms in total. The van der Waals surface area contributed by atoms with Gasteiger partial charge in [-0.2, -0.15) is 0 Å². The normalized spacial score (nSPS) is 15.7. The number of carbonyl (C=O) groups is 1. The van der Waals surface area contributed by atoms with Crippen molar-refractivity contribution in [3.63, 3.8) is 0 Å². The fraction of sp³-hybridized carbons (Fsp3) is 0.643. The highest BCUT2D eigenvalue weighted by Gasteiger charge is 2.17. The molecule has 110 valence electrons. The summed E-state index contributed by atoms with van der Waals surface area (Å²) in [7, 11) is 0. The van der Waals surface area contributed by atoms with Crippen LogP contribution in [-0.2, 0) is 9.53 Å². The van der Waals surface area contributed by atoms with E-state index in [2.05, 4.69) is 23.8 Å². The maximum Gasteiger partial charge on any atom is 0.233 e. The van der Waals surface area contributed by atoms with Gasteiger partial charge >= 0.3 is 0 Å². The summed E-state index contributed by atoms with van der Waals surface area (Å²) in [5, 5.41) is 0.878. The Hall–Kier alpha value is -1.14. The number of carbonyl (C=O) groups excluding carboxylic acids is 1. The second kappa shape index (κ2) is 7.04. The van der Waals surface area contributed by atoms with Gasteiger partial charge in [-0.05, 0) is 13.0 Å². The van der Waals surface area contributed by atoms with Gasteiger partial charge in [0.05, 0.1) is 19.0 Å². The van der Waals surface area contributed by atoms with Crippen molar-refractivity contribution in [1.82, 2.24) is 14.9 Å². The van der Waals surface area contributed by atoms with Crippen molar-refractivity contribution in [2.45, 2.75) is 31.7 Å². The Kier molecular flexibility index (Phi) is 5.37. The van der Waals surface area contributed by atoms with E-state index in [0.717, 1.165) is 16.5 Å². The van der Waals surface area contributed by atoms with Gasteiger partial charge in [-0.25, -0.2) is 9.97 Å². The number of morpholine rings is 1. The van der Waals surface area contributed by atoms with E-state index < -0.39 is 0 Å². The molecule has 0 unspecified atom stereocenters. The van der Waals surface area contributed by atoms with Crippen molar-refractivity contribution < 1.29 is 9.53 Å². The van der Waals surface area contributed by atoms with Crippen LogP contribution in [0.4, 0.5) is 0 Å². The topological polar surface area (TPSA) is 55.3 Å². The maximum atomic E-state index is 12.1. The van der Waals surface area contributed by atoms with E-state index >= 15 is 0 Å². The summed E-state index contributed by atoms with van der Waals surface area (Å²) in [5.41, 5.74) is 0.949. The van der Waals surface area contributed by atoms with Crippen LogP contribution in [-0.4, -0.2) is 52.8 Å². The Morgan fingerprint density at radius 3 is 2.75 bits per heavy atom. The lowest BCUT2D eigenvalue weighted by Crippen LogP contribution is -2.41. The van der Waals surface area contributed by atoms with E-state index in [-0.39, 0.29) is 5.91 Å². The first-order chi connectivity index (χ1) is 9.56. The molecule has 1 aromatic rings. The van der Waals surface area contributed by atoms with Gasteiger partial charge in [0.25, 0.3) is 0 Å². The van der Waals surface area contributed by atoms with Crippen LogP contribution in [0.25, 0.3) is 0 Å². The van der Waals surface area contributed by atoms with Crippen LogP contribution >= 0.6 is 11.8 Å². The van der Waals surface area contributed by atoms with Crippen LogP contribution in [0.1, 0.15) is 31.3 Å². The van der Waals surface area contributed by atoms with Crippen molar-refractivity contribution in [2.75, 3.05) is 32.1 Å². The molecule has 6 heteroatoms. The van der Waals surface area contributed by atoms with Gasteiger partial charge in [-0.3, -0.25) is 4.79 Å². The van der Waals surface area contributed by atoms with Crippen LogP contribution in [0.15, 0.2) is 11.1 Å². The third-order valence-electron chi connectivity index (χ3n) is 3.07. The molecule has 1 saturated heterocycles. The summed E-state index contributed by atoms with van der Waals surface area (Å²) in [4.78, 5) is 22.9. The van der Waals surface area contributed by atoms with Crippen molar-refractivity contribution in [3.05, 3.63) is 17.6 Å². The number of thioether (sulfide) groups is 1. The van der Waals surface area contributed by atoms with Crippen LogP contribution in [0.3, 0.4) is 0 Å². The first-order valence-corrected chi connectivity index (χ1v) is 7.88. The van der Waals surface area contributed by atoms with Crippen molar-refractivity contribution >= 4 is 17.7 Å². The zero-order valence-corrected chi connectivity index (χ0v) is 13.1. The highest BCUT2D eigenvalue weighted by Crippen LogP contribution is 2.20. The quantitative estimate of drug-likeness (QED) is 0.627. The molecule has 0 bridgehead atoms. The van der Waals surface area contributed by atoms with Crippen LogP contribution in [0.5, 0.6) is 0 Å². The van der Waals surface area contributed by atoms with Gasteiger partial charge in [0.1, 0.15) is 10.9 Å². The lowest BCUT2D eigenvalue weighted by atomic mass is 10.2. The molecule has 1 amide bonds. The van der Waals surface area contributed by atoms with Gasteiger partial charge in [0.2, 0.25) is 5.91 Å². The highest BCUT2D eigenvalue weighted by atomic mass is 32.2. The molecule has 2 rings (SSSR count). The standard InChI is InChI=1S/C14H21N3O2S/c1-10(2)14-15-11(3)8-12(16-14)20-9-13(18)17-4-6-19-7-5-17/h8,10H,4-7,9H2,1-3H3. The van der Waals surface area contributed by atoms with Gasteiger partial charge < -0.3 is 9.64 Å². The van der Waals surface area contributed by atoms with Crippen LogP contribution in [0.2, 0.25) is 0 Å². The summed E-state index contributed by atoms with van der Waals surface area (Å²) < 4.78 is 5.25. The number of aryl methyl sites for hydroxylation is 1. The first-order valence-electron chi connectivity index (χ1n) is 6.90. The SMILES string of the molecule is Cc1cc(SCC(=O)N2CCOCC2)nc(C(C)C)n1. The molecular weight excluding hydrogens is 274 g/mol. The largest absolute Gasteiger partial charge is 0.378 e. The molecule has 0 radical (unpaired) electrons. The average Bonchev–Trinajstić information content (AvgIpc) is 2.45. The molecule has 0 spiro atoms. The summed E-state index contributed by atoms with van der Waals surface area (Å²) in [6.07, 6.45) is 0. The Balaban J connectivity index is 1.94. The van der Waals surface area contributed by atoms with E-state index in [1.54, 1.807) is 0 Å². The number of nitrogens with zero attached hydrogens (tertiary/aromatic N) is 3. The molecule has 0 aromatic carbocycles. The van der Waals surface area contributed by atoms with Gasteiger partial charge in [-0.1, -0.05) is 25.6 Å². The molecule has 2 heterocycles. The van der Waals surface area contributed by atoms with E-state index in [9.17, 15) is 4.79 Å². The molecule has 0 N–H and O–H groups in total. The number of aromatic nitrogens is 2. The second-order valence-electron chi connectivity index (χ2n) is 5.14. The third kappa shape index (κ3) is 4.18. The monoisotopic (exact) mass is 295 g/mol. The molecular formula is C14H21N3O2S. The van der Waals surface area contributed by atoms with E-state index in [1.807, 2.05) is 17.9 Å². The molecule has 0 atom stereocenters. The van der Waals surface area contributed by atoms with Gasteiger partial charge in [0.15, 0.2) is 0 Å². The van der Waals surface area contributed by atoms with Crippen LogP contribution in [0, 0.1) is 6.92 Å². The maximum absolute atomic E-state index is 12.1. The number of hydrogen-bond acceptors (Lipinski definition) is 5. The number of rotatable bonds is 4. The summed E-state index contributed by atoms with van der Waals surface area (Å²) in [6, 6.07) is 1.93. The van der Waals surface area contributed by atoms with Crippen molar-refractivity contribution in [1.29, 1.82) is 0 Å². The number of ether oxygens (including phenoxy) is 1. The molecule has 1 fully saturated rings. The number of hydrogen-bond donors (Lipinski definition) is 0. The molecule has 0 saturated carbocycles. The summed E-state index contributed by atoms with van der Waals surface area (Å²) in [5.74, 6) is 1.71. The summed E-state index contributed by atoms with van der Waals surface area (Å²) >= 11 is 1.48. The molecule has 1 aromatic heterocycles. The Bertz CT molecular complexity index is 473. The molecule has 20 heavy (non-hydrogen) atoms. The molecule has 1 aliphatic heterocycles. The van der Waals surface area contributed by atoms with E-state index in [0.29, 0.717) is 38.0 Å². The second-order valence-corrected chi connectivity index (χ2v) is 6.14. The Morgan fingerprint density at radius 2 is 2.10 bits per heavy atom. The van der Waals surface area contributed by atoms with Crippen molar-refractivity contribution in [3.8, 4) is 0 Å².